The monoisotopic (exact) mass is 316 g/mol. The van der Waals surface area contributed by atoms with E-state index in [0.29, 0.717) is 17.9 Å². The largest absolute Gasteiger partial charge is 0.360 e. The Bertz CT molecular complexity index is 723. The number of nitrogens with two attached hydrogens (primary N) is 1. The molecule has 0 saturated heterocycles. The number of hydrogen-bond acceptors (Lipinski definition) is 4. The number of aryl methyl sites for hydroxylation is 2. The predicted molar refractivity (Wildman–Crippen MR) is 87.8 cm³/mol. The van der Waals surface area contributed by atoms with Crippen LogP contribution in [0.5, 0.6) is 0 Å². The van der Waals surface area contributed by atoms with Crippen molar-refractivity contribution in [1.82, 2.24) is 15.0 Å². The lowest BCUT2D eigenvalue weighted by Gasteiger charge is -2.28. The number of amides is 1. The molecule has 0 atom stereocenters. The molecule has 2 aromatic heterocycles. The highest BCUT2D eigenvalue weighted by Crippen LogP contribution is 2.29. The zero-order valence-electron chi connectivity index (χ0n) is 14.0. The Hall–Kier alpha value is -2.08. The Morgan fingerprint density at radius 3 is 2.61 bits per heavy atom. The van der Waals surface area contributed by atoms with Crippen molar-refractivity contribution in [1.29, 1.82) is 0 Å². The highest BCUT2D eigenvalue weighted by Gasteiger charge is 2.34. The SMILES string of the molecule is Cc1cc(-n2c(C)cc(C(=O)NC3(CN)CCCC3)c2C)no1. The molecule has 1 aliphatic carbocycles. The van der Waals surface area contributed by atoms with Crippen molar-refractivity contribution in [2.24, 2.45) is 5.73 Å². The van der Waals surface area contributed by atoms with E-state index in [-0.39, 0.29) is 11.4 Å². The number of nitrogens with one attached hydrogen (secondary N) is 1. The molecule has 2 heterocycles. The van der Waals surface area contributed by atoms with E-state index in [1.807, 2.05) is 37.5 Å². The molecule has 1 aliphatic rings. The van der Waals surface area contributed by atoms with Gasteiger partial charge in [0.2, 0.25) is 0 Å². The molecule has 1 fully saturated rings. The van der Waals surface area contributed by atoms with Gasteiger partial charge in [-0.05, 0) is 39.7 Å². The van der Waals surface area contributed by atoms with Crippen LogP contribution >= 0.6 is 0 Å². The van der Waals surface area contributed by atoms with Crippen LogP contribution < -0.4 is 11.1 Å². The Balaban J connectivity index is 1.90. The van der Waals surface area contributed by atoms with Gasteiger partial charge in [0.05, 0.1) is 11.1 Å². The lowest BCUT2D eigenvalue weighted by atomic mass is 9.97. The first-order chi connectivity index (χ1) is 11.0. The van der Waals surface area contributed by atoms with Crippen LogP contribution in [0, 0.1) is 20.8 Å². The van der Waals surface area contributed by atoms with E-state index >= 15 is 0 Å². The normalized spacial score (nSPS) is 16.7. The van der Waals surface area contributed by atoms with Crippen molar-refractivity contribution in [3.8, 4) is 5.82 Å². The molecule has 6 heteroatoms. The lowest BCUT2D eigenvalue weighted by molar-refractivity contribution is 0.0902. The minimum Gasteiger partial charge on any atom is -0.360 e. The fourth-order valence-corrected chi connectivity index (χ4v) is 3.54. The minimum absolute atomic E-state index is 0.0584. The number of carbonyl (C=O) groups excluding carboxylic acids is 1. The van der Waals surface area contributed by atoms with Crippen LogP contribution in [-0.4, -0.2) is 27.7 Å². The second-order valence-electron chi connectivity index (χ2n) is 6.56. The Labute approximate surface area is 136 Å². The summed E-state index contributed by atoms with van der Waals surface area (Å²) in [6.07, 6.45) is 4.15. The van der Waals surface area contributed by atoms with Gasteiger partial charge in [-0.1, -0.05) is 18.0 Å². The van der Waals surface area contributed by atoms with Gasteiger partial charge in [-0.25, -0.2) is 0 Å². The molecule has 1 saturated carbocycles. The van der Waals surface area contributed by atoms with Gasteiger partial charge in [0.1, 0.15) is 5.76 Å². The van der Waals surface area contributed by atoms with Gasteiger partial charge in [-0.3, -0.25) is 9.36 Å². The first-order valence-electron chi connectivity index (χ1n) is 8.11. The molecule has 0 spiro atoms. The zero-order valence-corrected chi connectivity index (χ0v) is 14.0. The summed E-state index contributed by atoms with van der Waals surface area (Å²) in [6, 6.07) is 3.76. The van der Waals surface area contributed by atoms with Crippen molar-refractivity contribution < 1.29 is 9.32 Å². The summed E-state index contributed by atoms with van der Waals surface area (Å²) in [5.41, 5.74) is 8.16. The van der Waals surface area contributed by atoms with Crippen LogP contribution in [0.4, 0.5) is 0 Å². The quantitative estimate of drug-likeness (QED) is 0.907. The first-order valence-corrected chi connectivity index (χ1v) is 8.11. The topological polar surface area (TPSA) is 86.1 Å². The second-order valence-corrected chi connectivity index (χ2v) is 6.56. The highest BCUT2D eigenvalue weighted by atomic mass is 16.5. The molecule has 0 aliphatic heterocycles. The molecule has 1 amide bonds. The lowest BCUT2D eigenvalue weighted by Crippen LogP contribution is -2.51. The summed E-state index contributed by atoms with van der Waals surface area (Å²) >= 11 is 0. The fourth-order valence-electron chi connectivity index (χ4n) is 3.54. The standard InChI is InChI=1S/C17H24N4O2/c1-11-8-14(13(3)21(11)15-9-12(2)23-20-15)16(22)19-17(10-18)6-4-5-7-17/h8-9H,4-7,10,18H2,1-3H3,(H,19,22). The summed E-state index contributed by atoms with van der Waals surface area (Å²) in [5.74, 6) is 1.38. The van der Waals surface area contributed by atoms with E-state index in [1.54, 1.807) is 0 Å². The molecular weight excluding hydrogens is 292 g/mol. The summed E-state index contributed by atoms with van der Waals surface area (Å²) in [5, 5.41) is 7.22. The average molecular weight is 316 g/mol. The van der Waals surface area contributed by atoms with E-state index < -0.39 is 0 Å². The first kappa shape index (κ1) is 15.8. The van der Waals surface area contributed by atoms with Crippen LogP contribution in [0.25, 0.3) is 5.82 Å². The molecule has 0 bridgehead atoms. The minimum atomic E-state index is -0.246. The van der Waals surface area contributed by atoms with E-state index in [4.69, 9.17) is 10.3 Å². The van der Waals surface area contributed by atoms with Gasteiger partial charge in [-0.15, -0.1) is 0 Å². The average Bonchev–Trinajstić information content (AvgIpc) is 3.20. The molecule has 0 aromatic carbocycles. The van der Waals surface area contributed by atoms with Gasteiger partial charge in [0.25, 0.3) is 5.91 Å². The molecule has 23 heavy (non-hydrogen) atoms. The van der Waals surface area contributed by atoms with Crippen LogP contribution in [0.2, 0.25) is 0 Å². The third-order valence-corrected chi connectivity index (χ3v) is 4.85. The van der Waals surface area contributed by atoms with E-state index in [9.17, 15) is 4.79 Å². The maximum absolute atomic E-state index is 12.8. The van der Waals surface area contributed by atoms with Crippen LogP contribution in [0.1, 0.15) is 53.2 Å². The Morgan fingerprint density at radius 2 is 2.04 bits per heavy atom. The maximum atomic E-state index is 12.8. The number of rotatable bonds is 4. The molecule has 124 valence electrons. The maximum Gasteiger partial charge on any atom is 0.253 e. The molecule has 3 rings (SSSR count). The number of carbonyl (C=O) groups is 1. The summed E-state index contributed by atoms with van der Waals surface area (Å²) in [4.78, 5) is 12.8. The Morgan fingerprint density at radius 1 is 1.35 bits per heavy atom. The predicted octanol–water partition coefficient (Wildman–Crippen LogP) is 2.39. The summed E-state index contributed by atoms with van der Waals surface area (Å²) < 4.78 is 7.09. The fraction of sp³-hybridized carbons (Fsp3) is 0.529. The summed E-state index contributed by atoms with van der Waals surface area (Å²) in [7, 11) is 0. The van der Waals surface area contributed by atoms with Crippen molar-refractivity contribution in [3.63, 3.8) is 0 Å². The zero-order chi connectivity index (χ0) is 16.6. The molecule has 3 N–H and O–H groups in total. The smallest absolute Gasteiger partial charge is 0.253 e. The van der Waals surface area contributed by atoms with Gasteiger partial charge in [0.15, 0.2) is 5.82 Å². The van der Waals surface area contributed by atoms with Crippen molar-refractivity contribution >= 4 is 5.91 Å². The van der Waals surface area contributed by atoms with E-state index in [1.165, 1.54) is 0 Å². The van der Waals surface area contributed by atoms with Crippen LogP contribution in [0.3, 0.4) is 0 Å². The third-order valence-electron chi connectivity index (χ3n) is 4.85. The van der Waals surface area contributed by atoms with Crippen molar-refractivity contribution in [3.05, 3.63) is 34.8 Å². The van der Waals surface area contributed by atoms with Gasteiger partial charge in [-0.2, -0.15) is 0 Å². The van der Waals surface area contributed by atoms with Gasteiger partial charge < -0.3 is 15.6 Å². The summed E-state index contributed by atoms with van der Waals surface area (Å²) in [6.45, 7) is 6.22. The van der Waals surface area contributed by atoms with Gasteiger partial charge >= 0.3 is 0 Å². The van der Waals surface area contributed by atoms with Gasteiger partial charge in [0, 0.05) is 24.0 Å². The second kappa shape index (κ2) is 5.85. The van der Waals surface area contributed by atoms with Crippen LogP contribution in [-0.2, 0) is 0 Å². The molecular formula is C17H24N4O2. The number of aromatic nitrogens is 2. The Kier molecular flexibility index (Phi) is 4.02. The number of hydrogen-bond donors (Lipinski definition) is 2. The third kappa shape index (κ3) is 2.79. The molecule has 2 aromatic rings. The molecule has 0 radical (unpaired) electrons. The highest BCUT2D eigenvalue weighted by molar-refractivity contribution is 5.96. The van der Waals surface area contributed by atoms with Crippen LogP contribution in [0.15, 0.2) is 16.7 Å². The van der Waals surface area contributed by atoms with E-state index in [0.717, 1.165) is 42.8 Å². The number of nitrogens with zero attached hydrogens (tertiary/aromatic N) is 2. The van der Waals surface area contributed by atoms with Crippen molar-refractivity contribution in [2.75, 3.05) is 6.54 Å². The van der Waals surface area contributed by atoms with Crippen molar-refractivity contribution in [2.45, 2.75) is 52.0 Å². The molecule has 0 unspecified atom stereocenters. The van der Waals surface area contributed by atoms with E-state index in [2.05, 4.69) is 10.5 Å². The molecule has 6 nitrogen and oxygen atoms in total.